The Balaban J connectivity index is 1.58. The number of hydrogen-bond donors (Lipinski definition) is 0. The quantitative estimate of drug-likeness (QED) is 0.382. The standard InChI is InChI=1S/C24H25ClN4S2/c1-15-5-4-10-29(12-15)22-16(2)17(3)27-24(21(22)11-26)31-14-20-13-30-23(28-20)18-6-8-19(25)9-7-18/h6-9,13,15H,4-5,10,12,14H2,1-3H3. The second kappa shape index (κ2) is 9.60. The van der Waals surface area contributed by atoms with E-state index in [4.69, 9.17) is 21.6 Å². The number of piperidine rings is 1. The fraction of sp³-hybridized carbons (Fsp3) is 0.375. The number of halogens is 1. The molecule has 1 saturated heterocycles. The average molecular weight is 469 g/mol. The van der Waals surface area contributed by atoms with Crippen molar-refractivity contribution in [1.29, 1.82) is 5.26 Å². The molecular weight excluding hydrogens is 444 g/mol. The fourth-order valence-electron chi connectivity index (χ4n) is 3.99. The van der Waals surface area contributed by atoms with E-state index in [1.165, 1.54) is 12.8 Å². The van der Waals surface area contributed by atoms with Gasteiger partial charge in [0.15, 0.2) is 0 Å². The molecule has 1 atom stereocenters. The minimum absolute atomic E-state index is 0.644. The van der Waals surface area contributed by atoms with E-state index in [1.807, 2.05) is 31.2 Å². The Morgan fingerprint density at radius 1 is 1.26 bits per heavy atom. The van der Waals surface area contributed by atoms with E-state index in [-0.39, 0.29) is 0 Å². The van der Waals surface area contributed by atoms with Crippen LogP contribution in [0.25, 0.3) is 10.6 Å². The van der Waals surface area contributed by atoms with Crippen LogP contribution in [0.1, 0.15) is 42.3 Å². The third kappa shape index (κ3) is 4.90. The maximum atomic E-state index is 10.0. The number of anilines is 1. The minimum atomic E-state index is 0.644. The molecule has 3 heterocycles. The fourth-order valence-corrected chi connectivity index (χ4v) is 5.96. The molecule has 1 fully saturated rings. The van der Waals surface area contributed by atoms with E-state index >= 15 is 0 Å². The van der Waals surface area contributed by atoms with Gasteiger partial charge < -0.3 is 4.90 Å². The van der Waals surface area contributed by atoms with Crippen molar-refractivity contribution in [1.82, 2.24) is 9.97 Å². The summed E-state index contributed by atoms with van der Waals surface area (Å²) in [5.74, 6) is 1.33. The first-order valence-corrected chi connectivity index (χ1v) is 12.7. The van der Waals surface area contributed by atoms with Crippen LogP contribution in [0, 0.1) is 31.1 Å². The number of aryl methyl sites for hydroxylation is 1. The van der Waals surface area contributed by atoms with Crippen molar-refractivity contribution < 1.29 is 0 Å². The average Bonchev–Trinajstić information content (AvgIpc) is 3.23. The van der Waals surface area contributed by atoms with Crippen LogP contribution in [0.15, 0.2) is 34.7 Å². The Kier molecular flexibility index (Phi) is 6.86. The maximum Gasteiger partial charge on any atom is 0.123 e. The van der Waals surface area contributed by atoms with Crippen LogP contribution in [-0.4, -0.2) is 23.1 Å². The van der Waals surface area contributed by atoms with Gasteiger partial charge in [0.05, 0.1) is 11.4 Å². The van der Waals surface area contributed by atoms with E-state index in [0.717, 1.165) is 56.3 Å². The molecule has 2 aromatic heterocycles. The Morgan fingerprint density at radius 3 is 2.74 bits per heavy atom. The van der Waals surface area contributed by atoms with Crippen LogP contribution in [0.5, 0.6) is 0 Å². The van der Waals surface area contributed by atoms with Crippen molar-refractivity contribution in [2.75, 3.05) is 18.0 Å². The minimum Gasteiger partial charge on any atom is -0.370 e. The van der Waals surface area contributed by atoms with Gasteiger partial charge in [-0.05, 0) is 50.3 Å². The van der Waals surface area contributed by atoms with Gasteiger partial charge in [-0.3, -0.25) is 0 Å². The molecule has 7 heteroatoms. The second-order valence-corrected chi connectivity index (χ2v) is 10.4. The lowest BCUT2D eigenvalue weighted by Crippen LogP contribution is -2.35. The van der Waals surface area contributed by atoms with Crippen molar-refractivity contribution in [3.8, 4) is 16.6 Å². The first kappa shape index (κ1) is 22.1. The third-order valence-corrected chi connectivity index (χ3v) is 7.90. The van der Waals surface area contributed by atoms with Gasteiger partial charge in [-0.2, -0.15) is 5.26 Å². The monoisotopic (exact) mass is 468 g/mol. The summed E-state index contributed by atoms with van der Waals surface area (Å²) in [5.41, 5.74) is 5.95. The smallest absolute Gasteiger partial charge is 0.123 e. The van der Waals surface area contributed by atoms with Gasteiger partial charge in [0, 0.05) is 40.5 Å². The van der Waals surface area contributed by atoms with Crippen molar-refractivity contribution in [2.24, 2.45) is 5.92 Å². The van der Waals surface area contributed by atoms with Crippen LogP contribution < -0.4 is 4.90 Å². The van der Waals surface area contributed by atoms with Crippen LogP contribution in [0.2, 0.25) is 5.02 Å². The largest absolute Gasteiger partial charge is 0.370 e. The molecule has 4 rings (SSSR count). The summed E-state index contributed by atoms with van der Waals surface area (Å²) in [4.78, 5) is 12.0. The van der Waals surface area contributed by atoms with Crippen LogP contribution in [0.4, 0.5) is 5.69 Å². The van der Waals surface area contributed by atoms with E-state index in [9.17, 15) is 5.26 Å². The van der Waals surface area contributed by atoms with Gasteiger partial charge in [-0.1, -0.05) is 42.4 Å². The predicted molar refractivity (Wildman–Crippen MR) is 131 cm³/mol. The number of nitriles is 1. The molecular formula is C24H25ClN4S2. The summed E-state index contributed by atoms with van der Waals surface area (Å²) >= 11 is 9.22. The Hall–Kier alpha value is -2.07. The number of hydrogen-bond acceptors (Lipinski definition) is 6. The highest BCUT2D eigenvalue weighted by Gasteiger charge is 2.24. The Labute approximate surface area is 197 Å². The molecule has 0 N–H and O–H groups in total. The van der Waals surface area contributed by atoms with Gasteiger partial charge in [-0.15, -0.1) is 11.3 Å². The van der Waals surface area contributed by atoms with Crippen LogP contribution in [-0.2, 0) is 5.75 Å². The lowest BCUT2D eigenvalue weighted by atomic mass is 9.98. The van der Waals surface area contributed by atoms with Gasteiger partial charge in [0.2, 0.25) is 0 Å². The number of thioether (sulfide) groups is 1. The molecule has 31 heavy (non-hydrogen) atoms. The molecule has 0 saturated carbocycles. The molecule has 1 aliphatic heterocycles. The van der Waals surface area contributed by atoms with Crippen LogP contribution >= 0.6 is 34.7 Å². The summed E-state index contributed by atoms with van der Waals surface area (Å²) in [6, 6.07) is 10.2. The molecule has 0 aliphatic carbocycles. The molecule has 0 spiro atoms. The molecule has 160 valence electrons. The molecule has 4 nitrogen and oxygen atoms in total. The number of benzene rings is 1. The first-order valence-electron chi connectivity index (χ1n) is 10.5. The molecule has 1 unspecified atom stereocenters. The third-order valence-electron chi connectivity index (χ3n) is 5.70. The number of thiazole rings is 1. The van der Waals surface area contributed by atoms with E-state index < -0.39 is 0 Å². The highest BCUT2D eigenvalue weighted by molar-refractivity contribution is 7.98. The van der Waals surface area contributed by atoms with E-state index in [1.54, 1.807) is 23.1 Å². The Morgan fingerprint density at radius 2 is 2.03 bits per heavy atom. The van der Waals surface area contributed by atoms with Crippen LogP contribution in [0.3, 0.4) is 0 Å². The zero-order valence-corrected chi connectivity index (χ0v) is 20.4. The molecule has 0 radical (unpaired) electrons. The topological polar surface area (TPSA) is 52.8 Å². The lowest BCUT2D eigenvalue weighted by molar-refractivity contribution is 0.446. The molecule has 1 aromatic carbocycles. The zero-order chi connectivity index (χ0) is 22.0. The Bertz CT molecular complexity index is 1120. The van der Waals surface area contributed by atoms with Gasteiger partial charge in [-0.25, -0.2) is 9.97 Å². The van der Waals surface area contributed by atoms with Gasteiger partial charge in [0.1, 0.15) is 21.7 Å². The number of rotatable bonds is 5. The zero-order valence-electron chi connectivity index (χ0n) is 18.0. The number of pyridine rings is 1. The summed E-state index contributed by atoms with van der Waals surface area (Å²) in [7, 11) is 0. The number of nitrogens with zero attached hydrogens (tertiary/aromatic N) is 4. The molecule has 0 bridgehead atoms. The first-order chi connectivity index (χ1) is 15.0. The predicted octanol–water partition coefficient (Wildman–Crippen LogP) is 6.88. The van der Waals surface area contributed by atoms with E-state index in [2.05, 4.69) is 30.2 Å². The summed E-state index contributed by atoms with van der Waals surface area (Å²) in [6.07, 6.45) is 2.42. The summed E-state index contributed by atoms with van der Waals surface area (Å²) in [6.45, 7) is 8.42. The van der Waals surface area contributed by atoms with Gasteiger partial charge in [0.25, 0.3) is 0 Å². The normalized spacial score (nSPS) is 16.4. The van der Waals surface area contributed by atoms with Crippen molar-refractivity contribution in [3.05, 3.63) is 57.2 Å². The highest BCUT2D eigenvalue weighted by Crippen LogP contribution is 2.37. The molecule has 0 amide bonds. The second-order valence-electron chi connectivity index (χ2n) is 8.10. The van der Waals surface area contributed by atoms with Crippen molar-refractivity contribution in [3.63, 3.8) is 0 Å². The van der Waals surface area contributed by atoms with Gasteiger partial charge >= 0.3 is 0 Å². The maximum absolute atomic E-state index is 10.0. The highest BCUT2D eigenvalue weighted by atomic mass is 35.5. The molecule has 1 aliphatic rings. The molecule has 3 aromatic rings. The van der Waals surface area contributed by atoms with Crippen molar-refractivity contribution in [2.45, 2.75) is 44.4 Å². The lowest BCUT2D eigenvalue weighted by Gasteiger charge is -2.35. The number of aromatic nitrogens is 2. The van der Waals surface area contributed by atoms with E-state index in [0.29, 0.717) is 17.2 Å². The SMILES string of the molecule is Cc1nc(SCc2csc(-c3ccc(Cl)cc3)n2)c(C#N)c(N2CCCC(C)C2)c1C. The summed E-state index contributed by atoms with van der Waals surface area (Å²) < 4.78 is 0. The summed E-state index contributed by atoms with van der Waals surface area (Å²) in [5, 5.41) is 14.6. The van der Waals surface area contributed by atoms with Crippen molar-refractivity contribution >= 4 is 40.4 Å².